The normalized spacial score (nSPS) is 27.7. The summed E-state index contributed by atoms with van der Waals surface area (Å²) in [7, 11) is 0. The zero-order valence-corrected chi connectivity index (χ0v) is 12.0. The quantitative estimate of drug-likeness (QED) is 0.635. The number of carbonyl (C=O) groups excluding carboxylic acids is 1. The number of carbonyl (C=O) groups is 2. The average molecular weight is 283 g/mol. The number of rotatable bonds is 9. The smallest absolute Gasteiger partial charge is 0.303 e. The number of hydrogen-bond donors (Lipinski definition) is 2. The first kappa shape index (κ1) is 15.3. The molecule has 3 atom stereocenters. The molecule has 5 heteroatoms. The largest absolute Gasteiger partial charge is 0.481 e. The van der Waals surface area contributed by atoms with Gasteiger partial charge in [0.2, 0.25) is 5.91 Å². The first-order valence-corrected chi connectivity index (χ1v) is 7.82. The second-order valence-electron chi connectivity index (χ2n) is 5.92. The summed E-state index contributed by atoms with van der Waals surface area (Å²) in [6.07, 6.45) is 8.57. The van der Waals surface area contributed by atoms with Crippen LogP contribution in [0.25, 0.3) is 0 Å². The summed E-state index contributed by atoms with van der Waals surface area (Å²) < 4.78 is 5.69. The van der Waals surface area contributed by atoms with Crippen LogP contribution < -0.4 is 5.32 Å². The fourth-order valence-corrected chi connectivity index (χ4v) is 3.19. The number of carboxylic acid groups (broad SMARTS) is 1. The lowest BCUT2D eigenvalue weighted by atomic mass is 9.88. The highest BCUT2D eigenvalue weighted by molar-refractivity contribution is 5.79. The van der Waals surface area contributed by atoms with Gasteiger partial charge in [0.25, 0.3) is 0 Å². The fraction of sp³-hybridized carbons (Fsp3) is 0.867. The van der Waals surface area contributed by atoms with E-state index in [1.165, 1.54) is 0 Å². The summed E-state index contributed by atoms with van der Waals surface area (Å²) in [5, 5.41) is 11.5. The van der Waals surface area contributed by atoms with Crippen molar-refractivity contribution >= 4 is 11.9 Å². The molecule has 2 fully saturated rings. The van der Waals surface area contributed by atoms with Crippen LogP contribution in [0.2, 0.25) is 0 Å². The van der Waals surface area contributed by atoms with Crippen molar-refractivity contribution in [3.63, 3.8) is 0 Å². The lowest BCUT2D eigenvalue weighted by Gasteiger charge is -2.17. The molecule has 114 valence electrons. The molecule has 2 bridgehead atoms. The molecule has 0 aliphatic carbocycles. The predicted octanol–water partition coefficient (Wildman–Crippen LogP) is 2.10. The second kappa shape index (κ2) is 7.62. The van der Waals surface area contributed by atoms with Crippen LogP contribution in [0.15, 0.2) is 0 Å². The highest BCUT2D eigenvalue weighted by atomic mass is 16.5. The summed E-state index contributed by atoms with van der Waals surface area (Å²) in [4.78, 5) is 22.3. The van der Waals surface area contributed by atoms with Crippen molar-refractivity contribution in [2.75, 3.05) is 6.54 Å². The minimum atomic E-state index is -0.717. The minimum absolute atomic E-state index is 0.0734. The summed E-state index contributed by atoms with van der Waals surface area (Å²) in [6.45, 7) is 0.728. The van der Waals surface area contributed by atoms with E-state index in [-0.39, 0.29) is 24.3 Å². The van der Waals surface area contributed by atoms with Gasteiger partial charge in [-0.3, -0.25) is 9.59 Å². The third kappa shape index (κ3) is 4.47. The van der Waals surface area contributed by atoms with Crippen LogP contribution >= 0.6 is 0 Å². The first-order chi connectivity index (χ1) is 9.66. The maximum atomic E-state index is 12.0. The van der Waals surface area contributed by atoms with Gasteiger partial charge in [0, 0.05) is 13.0 Å². The van der Waals surface area contributed by atoms with E-state index in [0.29, 0.717) is 6.10 Å². The highest BCUT2D eigenvalue weighted by Crippen LogP contribution is 2.38. The van der Waals surface area contributed by atoms with Gasteiger partial charge in [-0.05, 0) is 32.1 Å². The van der Waals surface area contributed by atoms with E-state index in [0.717, 1.165) is 57.9 Å². The zero-order chi connectivity index (χ0) is 14.4. The molecule has 0 aromatic rings. The van der Waals surface area contributed by atoms with Crippen molar-refractivity contribution in [2.45, 2.75) is 70.0 Å². The van der Waals surface area contributed by atoms with E-state index in [4.69, 9.17) is 9.84 Å². The number of hydrogen-bond acceptors (Lipinski definition) is 3. The molecule has 0 aromatic carbocycles. The Kier molecular flexibility index (Phi) is 5.83. The molecular formula is C15H25NO4. The molecule has 2 heterocycles. The molecule has 2 aliphatic heterocycles. The van der Waals surface area contributed by atoms with Crippen molar-refractivity contribution in [2.24, 2.45) is 5.92 Å². The van der Waals surface area contributed by atoms with Gasteiger partial charge >= 0.3 is 5.97 Å². The Hall–Kier alpha value is -1.10. The summed E-state index contributed by atoms with van der Waals surface area (Å²) in [5.74, 6) is -0.488. The zero-order valence-electron chi connectivity index (χ0n) is 12.0. The summed E-state index contributed by atoms with van der Waals surface area (Å²) in [6, 6.07) is 0. The maximum absolute atomic E-state index is 12.0. The molecule has 20 heavy (non-hydrogen) atoms. The third-order valence-electron chi connectivity index (χ3n) is 4.31. The van der Waals surface area contributed by atoms with Crippen LogP contribution in [0.1, 0.15) is 57.8 Å². The molecule has 0 radical (unpaired) electrons. The van der Waals surface area contributed by atoms with Crippen LogP contribution in [0.3, 0.4) is 0 Å². The van der Waals surface area contributed by atoms with Gasteiger partial charge in [-0.25, -0.2) is 0 Å². The standard InChI is InChI=1S/C15H25NO4/c17-14(18)6-4-2-1-3-5-9-16-15(19)12-10-11-7-8-13(12)20-11/h11-13H,1-10H2,(H,16,19)(H,17,18). The lowest BCUT2D eigenvalue weighted by Crippen LogP contribution is -2.36. The van der Waals surface area contributed by atoms with Gasteiger partial charge in [0.15, 0.2) is 0 Å². The Labute approximate surface area is 120 Å². The van der Waals surface area contributed by atoms with E-state index >= 15 is 0 Å². The number of fused-ring (bicyclic) bond motifs is 2. The van der Waals surface area contributed by atoms with Gasteiger partial charge in [-0.1, -0.05) is 19.3 Å². The van der Waals surface area contributed by atoms with Crippen LogP contribution in [-0.4, -0.2) is 35.7 Å². The van der Waals surface area contributed by atoms with Crippen LogP contribution in [-0.2, 0) is 14.3 Å². The Morgan fingerprint density at radius 1 is 1.10 bits per heavy atom. The van der Waals surface area contributed by atoms with Crippen LogP contribution in [0, 0.1) is 5.92 Å². The molecule has 2 rings (SSSR count). The number of carboxylic acids is 1. The SMILES string of the molecule is O=C(O)CCCCCCCNC(=O)C1CC2CCC1O2. The lowest BCUT2D eigenvalue weighted by molar-refractivity contribution is -0.137. The average Bonchev–Trinajstić information content (AvgIpc) is 3.03. The Bertz CT molecular complexity index is 345. The molecule has 2 N–H and O–H groups in total. The molecular weight excluding hydrogens is 258 g/mol. The third-order valence-corrected chi connectivity index (χ3v) is 4.31. The molecule has 3 unspecified atom stereocenters. The number of ether oxygens (including phenoxy) is 1. The van der Waals surface area contributed by atoms with Gasteiger partial charge in [0.05, 0.1) is 18.1 Å². The number of aliphatic carboxylic acids is 1. The van der Waals surface area contributed by atoms with Crippen molar-refractivity contribution < 1.29 is 19.4 Å². The Morgan fingerprint density at radius 3 is 2.50 bits per heavy atom. The topological polar surface area (TPSA) is 75.6 Å². The molecule has 0 saturated carbocycles. The molecule has 1 amide bonds. The van der Waals surface area contributed by atoms with Gasteiger partial charge in [-0.2, -0.15) is 0 Å². The van der Waals surface area contributed by atoms with Crippen LogP contribution in [0.4, 0.5) is 0 Å². The molecule has 5 nitrogen and oxygen atoms in total. The van der Waals surface area contributed by atoms with Crippen molar-refractivity contribution in [1.82, 2.24) is 5.32 Å². The van der Waals surface area contributed by atoms with E-state index in [2.05, 4.69) is 5.32 Å². The predicted molar refractivity (Wildman–Crippen MR) is 74.3 cm³/mol. The summed E-state index contributed by atoms with van der Waals surface area (Å²) in [5.41, 5.74) is 0. The molecule has 2 saturated heterocycles. The molecule has 0 spiro atoms. The fourth-order valence-electron chi connectivity index (χ4n) is 3.19. The monoisotopic (exact) mass is 283 g/mol. The van der Waals surface area contributed by atoms with Gasteiger partial charge < -0.3 is 15.2 Å². The van der Waals surface area contributed by atoms with Crippen LogP contribution in [0.5, 0.6) is 0 Å². The van der Waals surface area contributed by atoms with E-state index in [1.54, 1.807) is 0 Å². The maximum Gasteiger partial charge on any atom is 0.303 e. The Morgan fingerprint density at radius 2 is 1.85 bits per heavy atom. The number of nitrogens with one attached hydrogen (secondary N) is 1. The summed E-state index contributed by atoms with van der Waals surface area (Å²) >= 11 is 0. The minimum Gasteiger partial charge on any atom is -0.481 e. The van der Waals surface area contributed by atoms with Crippen molar-refractivity contribution in [3.8, 4) is 0 Å². The van der Waals surface area contributed by atoms with E-state index < -0.39 is 5.97 Å². The first-order valence-electron chi connectivity index (χ1n) is 7.82. The second-order valence-corrected chi connectivity index (χ2v) is 5.92. The van der Waals surface area contributed by atoms with Crippen molar-refractivity contribution in [3.05, 3.63) is 0 Å². The molecule has 2 aliphatic rings. The Balaban J connectivity index is 1.45. The number of unbranched alkanes of at least 4 members (excludes halogenated alkanes) is 4. The van der Waals surface area contributed by atoms with E-state index in [9.17, 15) is 9.59 Å². The number of amides is 1. The molecule has 0 aromatic heterocycles. The van der Waals surface area contributed by atoms with E-state index in [1.807, 2.05) is 0 Å². The van der Waals surface area contributed by atoms with Gasteiger partial charge in [0.1, 0.15) is 0 Å². The van der Waals surface area contributed by atoms with Gasteiger partial charge in [-0.15, -0.1) is 0 Å². The highest BCUT2D eigenvalue weighted by Gasteiger charge is 2.44. The van der Waals surface area contributed by atoms with Crippen molar-refractivity contribution in [1.29, 1.82) is 0 Å².